The number of nitrogens with one attached hydrogen (secondary N) is 2. The molecule has 110 valence electrons. The Morgan fingerprint density at radius 3 is 2.25 bits per heavy atom. The van der Waals surface area contributed by atoms with Gasteiger partial charge in [-0.2, -0.15) is 0 Å². The molecule has 3 amide bonds. The predicted octanol–water partition coefficient (Wildman–Crippen LogP) is 0.870. The molecule has 7 nitrogen and oxygen atoms in total. The third-order valence-corrected chi connectivity index (χ3v) is 2.62. The predicted molar refractivity (Wildman–Crippen MR) is 77.4 cm³/mol. The first-order valence-electron chi connectivity index (χ1n) is 6.25. The molecule has 1 atom stereocenters. The van der Waals surface area contributed by atoms with Crippen LogP contribution in [0.2, 0.25) is 0 Å². The van der Waals surface area contributed by atoms with Crippen LogP contribution in [0.3, 0.4) is 0 Å². The maximum absolute atomic E-state index is 11.8. The Morgan fingerprint density at radius 1 is 1.20 bits per heavy atom. The van der Waals surface area contributed by atoms with Gasteiger partial charge in [0.15, 0.2) is 0 Å². The fraction of sp³-hybridized carbons (Fsp3) is 0.385. The van der Waals surface area contributed by atoms with Crippen molar-refractivity contribution in [2.24, 2.45) is 11.5 Å². The van der Waals surface area contributed by atoms with Gasteiger partial charge in [0.2, 0.25) is 5.91 Å². The minimum Gasteiger partial charge on any atom is -0.385 e. The minimum atomic E-state index is -0.637. The maximum Gasteiger partial charge on any atom is 0.316 e. The molecular formula is C13H20N4O3. The van der Waals surface area contributed by atoms with E-state index < -0.39 is 12.1 Å². The summed E-state index contributed by atoms with van der Waals surface area (Å²) in [6, 6.07) is 5.37. The second-order valence-electron chi connectivity index (χ2n) is 4.30. The second kappa shape index (κ2) is 8.13. The number of amides is 3. The van der Waals surface area contributed by atoms with Gasteiger partial charge in [0.1, 0.15) is 0 Å². The van der Waals surface area contributed by atoms with Crippen molar-refractivity contribution >= 4 is 23.3 Å². The fourth-order valence-electron chi connectivity index (χ4n) is 1.59. The van der Waals surface area contributed by atoms with Crippen LogP contribution in [0.25, 0.3) is 0 Å². The summed E-state index contributed by atoms with van der Waals surface area (Å²) in [7, 11) is 1.60. The van der Waals surface area contributed by atoms with Gasteiger partial charge in [0.25, 0.3) is 0 Å². The average Bonchev–Trinajstić information content (AvgIpc) is 2.40. The van der Waals surface area contributed by atoms with Crippen molar-refractivity contribution in [3.63, 3.8) is 0 Å². The largest absolute Gasteiger partial charge is 0.385 e. The van der Waals surface area contributed by atoms with E-state index in [0.29, 0.717) is 24.4 Å². The van der Waals surface area contributed by atoms with Crippen molar-refractivity contribution in [2.75, 3.05) is 24.4 Å². The van der Waals surface area contributed by atoms with Gasteiger partial charge in [-0.25, -0.2) is 4.79 Å². The number of urea groups is 1. The zero-order valence-electron chi connectivity index (χ0n) is 11.4. The number of hydrogen-bond donors (Lipinski definition) is 4. The van der Waals surface area contributed by atoms with Crippen molar-refractivity contribution in [2.45, 2.75) is 18.9 Å². The van der Waals surface area contributed by atoms with E-state index >= 15 is 0 Å². The third kappa shape index (κ3) is 5.68. The number of ether oxygens (including phenoxy) is 1. The lowest BCUT2D eigenvalue weighted by atomic mass is 10.1. The molecule has 0 bridgehead atoms. The lowest BCUT2D eigenvalue weighted by Gasteiger charge is -2.12. The summed E-state index contributed by atoms with van der Waals surface area (Å²) in [4.78, 5) is 22.5. The van der Waals surface area contributed by atoms with E-state index in [2.05, 4.69) is 10.6 Å². The molecule has 0 spiro atoms. The van der Waals surface area contributed by atoms with Gasteiger partial charge in [0.05, 0.1) is 6.04 Å². The number of carbonyl (C=O) groups excluding carboxylic acids is 2. The molecule has 0 saturated heterocycles. The van der Waals surface area contributed by atoms with E-state index in [-0.39, 0.29) is 5.91 Å². The number of carbonyl (C=O) groups is 2. The Morgan fingerprint density at radius 2 is 1.75 bits per heavy atom. The van der Waals surface area contributed by atoms with Crippen LogP contribution >= 0.6 is 0 Å². The van der Waals surface area contributed by atoms with E-state index in [1.165, 1.54) is 0 Å². The number of methoxy groups -OCH3 is 1. The SMILES string of the molecule is COCCCC(N)C(=O)Nc1ccc(NC(N)=O)cc1. The summed E-state index contributed by atoms with van der Waals surface area (Å²) in [5, 5.41) is 5.13. The van der Waals surface area contributed by atoms with E-state index in [0.717, 1.165) is 6.42 Å². The normalized spacial score (nSPS) is 11.7. The van der Waals surface area contributed by atoms with E-state index in [9.17, 15) is 9.59 Å². The van der Waals surface area contributed by atoms with Crippen molar-refractivity contribution in [1.29, 1.82) is 0 Å². The molecule has 0 fully saturated rings. The molecule has 0 saturated carbocycles. The van der Waals surface area contributed by atoms with Gasteiger partial charge in [-0.05, 0) is 37.1 Å². The van der Waals surface area contributed by atoms with Crippen molar-refractivity contribution in [3.8, 4) is 0 Å². The van der Waals surface area contributed by atoms with Crippen LogP contribution in [0.4, 0.5) is 16.2 Å². The molecule has 0 aromatic heterocycles. The molecule has 20 heavy (non-hydrogen) atoms. The lowest BCUT2D eigenvalue weighted by Crippen LogP contribution is -2.35. The summed E-state index contributed by atoms with van der Waals surface area (Å²) in [5.41, 5.74) is 11.9. The zero-order chi connectivity index (χ0) is 15.0. The summed E-state index contributed by atoms with van der Waals surface area (Å²) in [6.45, 7) is 0.578. The molecule has 0 aliphatic heterocycles. The van der Waals surface area contributed by atoms with E-state index in [4.69, 9.17) is 16.2 Å². The summed E-state index contributed by atoms with van der Waals surface area (Å²) in [5.74, 6) is -0.253. The van der Waals surface area contributed by atoms with Crippen LogP contribution in [0.15, 0.2) is 24.3 Å². The Hall–Kier alpha value is -2.12. The highest BCUT2D eigenvalue weighted by Gasteiger charge is 2.13. The smallest absolute Gasteiger partial charge is 0.316 e. The summed E-state index contributed by atoms with van der Waals surface area (Å²) >= 11 is 0. The van der Waals surface area contributed by atoms with Gasteiger partial charge < -0.3 is 26.8 Å². The van der Waals surface area contributed by atoms with Crippen molar-refractivity contribution in [1.82, 2.24) is 0 Å². The molecule has 0 aliphatic rings. The molecule has 1 rings (SSSR count). The first-order valence-corrected chi connectivity index (χ1v) is 6.25. The monoisotopic (exact) mass is 280 g/mol. The number of hydrogen-bond acceptors (Lipinski definition) is 4. The van der Waals surface area contributed by atoms with Crippen LogP contribution in [0.5, 0.6) is 0 Å². The molecule has 6 N–H and O–H groups in total. The van der Waals surface area contributed by atoms with E-state index in [1.807, 2.05) is 0 Å². The first kappa shape index (κ1) is 15.9. The average molecular weight is 280 g/mol. The highest BCUT2D eigenvalue weighted by molar-refractivity contribution is 5.95. The van der Waals surface area contributed by atoms with Gasteiger partial charge in [-0.15, -0.1) is 0 Å². The molecule has 1 unspecified atom stereocenters. The van der Waals surface area contributed by atoms with Crippen LogP contribution in [0, 0.1) is 0 Å². The minimum absolute atomic E-state index is 0.253. The Kier molecular flexibility index (Phi) is 6.48. The van der Waals surface area contributed by atoms with Crippen LogP contribution < -0.4 is 22.1 Å². The standard InChI is InChI=1S/C13H20N4O3/c1-20-8-2-3-11(14)12(18)16-9-4-6-10(7-5-9)17-13(15)19/h4-7,11H,2-3,8,14H2,1H3,(H,16,18)(H3,15,17,19). The van der Waals surface area contributed by atoms with E-state index in [1.54, 1.807) is 31.4 Å². The van der Waals surface area contributed by atoms with Crippen molar-refractivity contribution in [3.05, 3.63) is 24.3 Å². The van der Waals surface area contributed by atoms with Crippen LogP contribution in [-0.2, 0) is 9.53 Å². The van der Waals surface area contributed by atoms with Gasteiger partial charge in [-0.1, -0.05) is 0 Å². The quantitative estimate of drug-likeness (QED) is 0.554. The van der Waals surface area contributed by atoms with Crippen LogP contribution in [-0.4, -0.2) is 31.7 Å². The Balaban J connectivity index is 2.47. The van der Waals surface area contributed by atoms with Crippen molar-refractivity contribution < 1.29 is 14.3 Å². The highest BCUT2D eigenvalue weighted by atomic mass is 16.5. The molecule has 7 heteroatoms. The lowest BCUT2D eigenvalue weighted by molar-refractivity contribution is -0.117. The van der Waals surface area contributed by atoms with Gasteiger partial charge in [0, 0.05) is 25.1 Å². The second-order valence-corrected chi connectivity index (χ2v) is 4.30. The topological polar surface area (TPSA) is 119 Å². The summed E-state index contributed by atoms with van der Waals surface area (Å²) in [6.07, 6.45) is 1.29. The Bertz CT molecular complexity index is 447. The first-order chi connectivity index (χ1) is 9.52. The van der Waals surface area contributed by atoms with Crippen LogP contribution in [0.1, 0.15) is 12.8 Å². The molecule has 0 radical (unpaired) electrons. The fourth-order valence-corrected chi connectivity index (χ4v) is 1.59. The van der Waals surface area contributed by atoms with Gasteiger partial charge in [-0.3, -0.25) is 4.79 Å². The Labute approximate surface area is 117 Å². The highest BCUT2D eigenvalue weighted by Crippen LogP contribution is 2.13. The maximum atomic E-state index is 11.8. The molecular weight excluding hydrogens is 260 g/mol. The number of benzene rings is 1. The number of anilines is 2. The number of rotatable bonds is 7. The van der Waals surface area contributed by atoms with Gasteiger partial charge >= 0.3 is 6.03 Å². The molecule has 0 heterocycles. The molecule has 1 aromatic rings. The molecule has 0 aliphatic carbocycles. The number of nitrogens with two attached hydrogens (primary N) is 2. The zero-order valence-corrected chi connectivity index (χ0v) is 11.4. The molecule has 1 aromatic carbocycles. The third-order valence-electron chi connectivity index (χ3n) is 2.62. The summed E-state index contributed by atoms with van der Waals surface area (Å²) < 4.78 is 4.90. The number of primary amides is 1.